The lowest BCUT2D eigenvalue weighted by molar-refractivity contribution is 0.383. The van der Waals surface area contributed by atoms with E-state index in [9.17, 15) is 12.8 Å². The van der Waals surface area contributed by atoms with Crippen molar-refractivity contribution in [1.82, 2.24) is 10.0 Å². The van der Waals surface area contributed by atoms with Crippen molar-refractivity contribution in [2.45, 2.75) is 56.6 Å². The van der Waals surface area contributed by atoms with Gasteiger partial charge in [-0.15, -0.1) is 0 Å². The van der Waals surface area contributed by atoms with Crippen molar-refractivity contribution >= 4 is 10.0 Å². The maximum absolute atomic E-state index is 13.4. The zero-order valence-corrected chi connectivity index (χ0v) is 12.6. The predicted molar refractivity (Wildman–Crippen MR) is 76.3 cm³/mol. The van der Waals surface area contributed by atoms with Crippen molar-refractivity contribution in [2.24, 2.45) is 0 Å². The van der Waals surface area contributed by atoms with Crippen LogP contribution in [-0.4, -0.2) is 20.5 Å². The van der Waals surface area contributed by atoms with E-state index in [1.54, 1.807) is 0 Å². The summed E-state index contributed by atoms with van der Waals surface area (Å²) in [6.07, 6.45) is 2.75. The Labute approximate surface area is 119 Å². The first-order chi connectivity index (χ1) is 9.38. The molecule has 0 radical (unpaired) electrons. The lowest BCUT2D eigenvalue weighted by atomic mass is 9.94. The monoisotopic (exact) mass is 300 g/mol. The van der Waals surface area contributed by atoms with Gasteiger partial charge in [-0.3, -0.25) is 0 Å². The van der Waals surface area contributed by atoms with E-state index >= 15 is 0 Å². The van der Waals surface area contributed by atoms with E-state index in [1.165, 1.54) is 12.1 Å². The van der Waals surface area contributed by atoms with Gasteiger partial charge in [0.05, 0.1) is 4.90 Å². The molecule has 1 aromatic carbocycles. The molecule has 0 aromatic heterocycles. The number of hydrogen-bond acceptors (Lipinski definition) is 3. The maximum Gasteiger partial charge on any atom is 0.241 e. The summed E-state index contributed by atoms with van der Waals surface area (Å²) in [5, 5.41) is 3.16. The molecule has 0 aliphatic heterocycles. The Hall–Kier alpha value is -0.980. The van der Waals surface area contributed by atoms with Crippen molar-refractivity contribution in [3.05, 3.63) is 29.6 Å². The van der Waals surface area contributed by atoms with E-state index in [0.29, 0.717) is 12.1 Å². The highest BCUT2D eigenvalue weighted by atomic mass is 32.2. The van der Waals surface area contributed by atoms with Crippen LogP contribution in [0.4, 0.5) is 4.39 Å². The summed E-state index contributed by atoms with van der Waals surface area (Å²) >= 11 is 0. The molecular formula is C14H21FN2O2S. The van der Waals surface area contributed by atoms with Crippen LogP contribution in [-0.2, 0) is 16.6 Å². The van der Waals surface area contributed by atoms with Gasteiger partial charge in [-0.1, -0.05) is 26.3 Å². The average molecular weight is 300 g/mol. The molecular weight excluding hydrogens is 279 g/mol. The largest absolute Gasteiger partial charge is 0.310 e. The number of halogens is 1. The van der Waals surface area contributed by atoms with Crippen molar-refractivity contribution < 1.29 is 12.8 Å². The van der Waals surface area contributed by atoms with Crippen LogP contribution in [0.25, 0.3) is 0 Å². The summed E-state index contributed by atoms with van der Waals surface area (Å²) in [5.74, 6) is -0.535. The van der Waals surface area contributed by atoms with Gasteiger partial charge in [-0.2, -0.15) is 0 Å². The van der Waals surface area contributed by atoms with Crippen molar-refractivity contribution in [3.63, 3.8) is 0 Å². The highest BCUT2D eigenvalue weighted by molar-refractivity contribution is 7.89. The molecule has 0 bridgehead atoms. The molecule has 6 heteroatoms. The predicted octanol–water partition coefficient (Wildman–Crippen LogP) is 2.15. The van der Waals surface area contributed by atoms with Gasteiger partial charge in [-0.25, -0.2) is 17.5 Å². The van der Waals surface area contributed by atoms with Crippen LogP contribution in [0.15, 0.2) is 23.1 Å². The van der Waals surface area contributed by atoms with Crippen LogP contribution in [0.3, 0.4) is 0 Å². The van der Waals surface area contributed by atoms with Gasteiger partial charge in [-0.05, 0) is 30.5 Å². The Bertz CT molecular complexity index is 569. The topological polar surface area (TPSA) is 58.2 Å². The van der Waals surface area contributed by atoms with Crippen molar-refractivity contribution in [1.29, 1.82) is 0 Å². The molecule has 2 N–H and O–H groups in total. The molecule has 1 aliphatic carbocycles. The smallest absolute Gasteiger partial charge is 0.241 e. The molecule has 1 saturated carbocycles. The average Bonchev–Trinajstić information content (AvgIpc) is 2.32. The molecule has 0 heterocycles. The van der Waals surface area contributed by atoms with Crippen LogP contribution in [0.1, 0.15) is 38.7 Å². The van der Waals surface area contributed by atoms with E-state index in [0.717, 1.165) is 25.3 Å². The summed E-state index contributed by atoms with van der Waals surface area (Å²) in [4.78, 5) is 0.0394. The maximum atomic E-state index is 13.4. The highest BCUT2D eigenvalue weighted by Gasteiger charge is 2.26. The minimum Gasteiger partial charge on any atom is -0.310 e. The van der Waals surface area contributed by atoms with E-state index < -0.39 is 15.8 Å². The molecule has 0 atom stereocenters. The minimum atomic E-state index is -3.65. The Morgan fingerprint density at radius 2 is 2.05 bits per heavy atom. The molecule has 0 amide bonds. The molecule has 0 spiro atoms. The van der Waals surface area contributed by atoms with Gasteiger partial charge in [0.1, 0.15) is 5.82 Å². The molecule has 1 fully saturated rings. The first-order valence-electron chi connectivity index (χ1n) is 6.92. The van der Waals surface area contributed by atoms with Crippen molar-refractivity contribution in [3.8, 4) is 0 Å². The summed E-state index contributed by atoms with van der Waals surface area (Å²) in [6, 6.07) is 4.14. The Balaban J connectivity index is 2.25. The number of hydrogen-bond donors (Lipinski definition) is 2. The molecule has 0 saturated heterocycles. The standard InChI is InChI=1S/C14H21FN2O2S/c1-10(2)16-9-11-6-7-12(15)8-14(11)20(18,19)17-13-4-3-5-13/h6-8,10,13,16-17H,3-5,9H2,1-2H3. The summed E-state index contributed by atoms with van der Waals surface area (Å²) in [6.45, 7) is 4.35. The lowest BCUT2D eigenvalue weighted by Crippen LogP contribution is -2.40. The molecule has 4 nitrogen and oxygen atoms in total. The van der Waals surface area contributed by atoms with Gasteiger partial charge < -0.3 is 5.32 Å². The summed E-state index contributed by atoms with van der Waals surface area (Å²) in [5.41, 5.74) is 0.590. The third-order valence-electron chi connectivity index (χ3n) is 3.45. The first-order valence-corrected chi connectivity index (χ1v) is 8.41. The van der Waals surface area contributed by atoms with E-state index in [4.69, 9.17) is 0 Å². The zero-order valence-electron chi connectivity index (χ0n) is 11.8. The summed E-state index contributed by atoms with van der Waals surface area (Å²) < 4.78 is 40.7. The second kappa shape index (κ2) is 6.20. The van der Waals surface area contributed by atoms with Crippen LogP contribution in [0.2, 0.25) is 0 Å². The van der Waals surface area contributed by atoms with Crippen LogP contribution >= 0.6 is 0 Å². The Morgan fingerprint density at radius 1 is 1.35 bits per heavy atom. The van der Waals surface area contributed by atoms with Gasteiger partial charge >= 0.3 is 0 Å². The Morgan fingerprint density at radius 3 is 2.60 bits per heavy atom. The van der Waals surface area contributed by atoms with E-state index in [2.05, 4.69) is 10.0 Å². The second-order valence-corrected chi connectivity index (χ2v) is 7.22. The van der Waals surface area contributed by atoms with Crippen molar-refractivity contribution in [2.75, 3.05) is 0 Å². The highest BCUT2D eigenvalue weighted by Crippen LogP contribution is 2.23. The van der Waals surface area contributed by atoms with Crippen LogP contribution in [0, 0.1) is 5.82 Å². The Kier molecular flexibility index (Phi) is 4.78. The molecule has 2 rings (SSSR count). The van der Waals surface area contributed by atoms with Gasteiger partial charge in [0, 0.05) is 18.6 Å². The number of sulfonamides is 1. The number of benzene rings is 1. The third-order valence-corrected chi connectivity index (χ3v) is 5.05. The fourth-order valence-corrected chi connectivity index (χ4v) is 3.60. The van der Waals surface area contributed by atoms with Gasteiger partial charge in [0.25, 0.3) is 0 Å². The molecule has 112 valence electrons. The molecule has 1 aromatic rings. The fraction of sp³-hybridized carbons (Fsp3) is 0.571. The second-order valence-electron chi connectivity index (χ2n) is 5.54. The van der Waals surface area contributed by atoms with Crippen LogP contribution in [0.5, 0.6) is 0 Å². The minimum absolute atomic E-state index is 0.00539. The number of nitrogens with one attached hydrogen (secondary N) is 2. The fourth-order valence-electron chi connectivity index (χ4n) is 2.05. The first kappa shape index (κ1) is 15.4. The lowest BCUT2D eigenvalue weighted by Gasteiger charge is -2.26. The quantitative estimate of drug-likeness (QED) is 0.846. The van der Waals surface area contributed by atoms with E-state index in [1.807, 2.05) is 13.8 Å². The zero-order chi connectivity index (χ0) is 14.8. The third kappa shape index (κ3) is 3.77. The van der Waals surface area contributed by atoms with Gasteiger partial charge in [0.15, 0.2) is 0 Å². The number of rotatable bonds is 6. The molecule has 20 heavy (non-hydrogen) atoms. The molecule has 1 aliphatic rings. The SMILES string of the molecule is CC(C)NCc1ccc(F)cc1S(=O)(=O)NC1CCC1. The van der Waals surface area contributed by atoms with E-state index in [-0.39, 0.29) is 17.0 Å². The summed E-state index contributed by atoms with van der Waals surface area (Å²) in [7, 11) is -3.65. The van der Waals surface area contributed by atoms with Crippen LogP contribution < -0.4 is 10.0 Å². The van der Waals surface area contributed by atoms with Gasteiger partial charge in [0.2, 0.25) is 10.0 Å². The normalized spacial score (nSPS) is 16.4. The molecule has 0 unspecified atom stereocenters.